The van der Waals surface area contributed by atoms with E-state index in [4.69, 9.17) is 9.47 Å². The molecule has 0 aromatic heterocycles. The molecule has 0 radical (unpaired) electrons. The van der Waals surface area contributed by atoms with Crippen LogP contribution in [0.3, 0.4) is 0 Å². The van der Waals surface area contributed by atoms with Gasteiger partial charge in [-0.3, -0.25) is 0 Å². The lowest BCUT2D eigenvalue weighted by atomic mass is 9.81. The summed E-state index contributed by atoms with van der Waals surface area (Å²) in [5.41, 5.74) is 1.83. The van der Waals surface area contributed by atoms with E-state index in [2.05, 4.69) is 22.9 Å². The summed E-state index contributed by atoms with van der Waals surface area (Å²) in [5.74, 6) is -1.74. The Bertz CT molecular complexity index is 679. The predicted octanol–water partition coefficient (Wildman–Crippen LogP) is 4.00. The molecule has 0 bridgehead atoms. The quantitative estimate of drug-likeness (QED) is 0.744. The lowest BCUT2D eigenvalue weighted by molar-refractivity contribution is -0.191. The van der Waals surface area contributed by atoms with Crippen molar-refractivity contribution in [2.24, 2.45) is 5.92 Å². The van der Waals surface area contributed by atoms with Gasteiger partial charge in [0.15, 0.2) is 0 Å². The van der Waals surface area contributed by atoms with Crippen LogP contribution in [0.4, 0.5) is 0 Å². The summed E-state index contributed by atoms with van der Waals surface area (Å²) in [6.45, 7) is 3.81. The molecule has 5 heteroatoms. The fraction of sp³-hybridized carbons (Fsp3) is 0.412. The van der Waals surface area contributed by atoms with Crippen LogP contribution in [0.1, 0.15) is 43.5 Å². The van der Waals surface area contributed by atoms with Crippen LogP contribution in [0.25, 0.3) is 0 Å². The van der Waals surface area contributed by atoms with Gasteiger partial charge in [-0.15, -0.1) is 0 Å². The molecule has 1 aliphatic carbocycles. The average molecular weight is 365 g/mol. The van der Waals surface area contributed by atoms with Crippen molar-refractivity contribution in [3.8, 4) is 0 Å². The fourth-order valence-electron chi connectivity index (χ4n) is 3.14. The Morgan fingerprint density at radius 1 is 1.45 bits per heavy atom. The lowest BCUT2D eigenvalue weighted by Crippen LogP contribution is -2.42. The third-order valence-electron chi connectivity index (χ3n) is 4.30. The van der Waals surface area contributed by atoms with Gasteiger partial charge in [0.05, 0.1) is 5.56 Å². The van der Waals surface area contributed by atoms with Crippen LogP contribution in [0.15, 0.2) is 39.9 Å². The summed E-state index contributed by atoms with van der Waals surface area (Å²) in [7, 11) is 0. The van der Waals surface area contributed by atoms with Gasteiger partial charge in [-0.1, -0.05) is 28.9 Å². The zero-order valence-electron chi connectivity index (χ0n) is 12.5. The van der Waals surface area contributed by atoms with Gasteiger partial charge in [0.1, 0.15) is 0 Å². The van der Waals surface area contributed by atoms with E-state index in [9.17, 15) is 9.59 Å². The van der Waals surface area contributed by atoms with Gasteiger partial charge in [-0.25, -0.2) is 9.59 Å². The molecule has 3 rings (SSSR count). The lowest BCUT2D eigenvalue weighted by Gasteiger charge is -2.36. The summed E-state index contributed by atoms with van der Waals surface area (Å²) in [5, 5.41) is 0. The van der Waals surface area contributed by atoms with Gasteiger partial charge < -0.3 is 9.47 Å². The Morgan fingerprint density at radius 2 is 2.23 bits per heavy atom. The Morgan fingerprint density at radius 3 is 2.95 bits per heavy atom. The van der Waals surface area contributed by atoms with Crippen LogP contribution in [0.5, 0.6) is 0 Å². The maximum atomic E-state index is 12.5. The van der Waals surface area contributed by atoms with Crippen molar-refractivity contribution in [3.63, 3.8) is 0 Å². The van der Waals surface area contributed by atoms with Gasteiger partial charge >= 0.3 is 11.9 Å². The fourth-order valence-corrected chi connectivity index (χ4v) is 3.54. The van der Waals surface area contributed by atoms with E-state index in [0.717, 1.165) is 22.9 Å². The van der Waals surface area contributed by atoms with Crippen molar-refractivity contribution >= 4 is 27.9 Å². The standard InChI is InChI=1S/C17H17BrO4/c1-10-6-7-14-11(2)15(19)21-17(14,9-10)22-16(20)12-4-3-5-13(18)8-12/h3-5,8,10H,6-7,9H2,1-2H3/t10-,17+/m1/s1. The first-order chi connectivity index (χ1) is 10.4. The van der Waals surface area contributed by atoms with E-state index < -0.39 is 11.8 Å². The van der Waals surface area contributed by atoms with Crippen LogP contribution in [-0.4, -0.2) is 17.7 Å². The number of hydrogen-bond donors (Lipinski definition) is 0. The smallest absolute Gasteiger partial charge is 0.341 e. The molecule has 116 valence electrons. The van der Waals surface area contributed by atoms with E-state index in [1.807, 2.05) is 6.07 Å². The summed E-state index contributed by atoms with van der Waals surface area (Å²) in [4.78, 5) is 24.4. The number of ether oxygens (including phenoxy) is 2. The topological polar surface area (TPSA) is 52.6 Å². The number of fused-ring (bicyclic) bond motifs is 1. The highest BCUT2D eigenvalue weighted by Crippen LogP contribution is 2.46. The number of benzene rings is 1. The molecule has 0 N–H and O–H groups in total. The van der Waals surface area contributed by atoms with Crippen molar-refractivity contribution in [1.82, 2.24) is 0 Å². The third-order valence-corrected chi connectivity index (χ3v) is 4.79. The number of rotatable bonds is 2. The first-order valence-corrected chi connectivity index (χ1v) is 8.13. The Kier molecular flexibility index (Phi) is 3.85. The van der Waals surface area contributed by atoms with Gasteiger partial charge in [0.25, 0.3) is 5.79 Å². The average Bonchev–Trinajstić information content (AvgIpc) is 2.69. The molecule has 4 nitrogen and oxygen atoms in total. The number of esters is 2. The number of hydrogen-bond acceptors (Lipinski definition) is 4. The molecule has 1 fully saturated rings. The highest BCUT2D eigenvalue weighted by Gasteiger charge is 2.52. The van der Waals surface area contributed by atoms with Crippen molar-refractivity contribution in [2.45, 2.75) is 38.9 Å². The van der Waals surface area contributed by atoms with Crippen LogP contribution in [0.2, 0.25) is 0 Å². The van der Waals surface area contributed by atoms with Gasteiger partial charge in [0.2, 0.25) is 0 Å². The Balaban J connectivity index is 1.91. The molecule has 2 atom stereocenters. The zero-order valence-corrected chi connectivity index (χ0v) is 14.1. The zero-order chi connectivity index (χ0) is 15.9. The van der Waals surface area contributed by atoms with Crippen molar-refractivity contribution in [1.29, 1.82) is 0 Å². The summed E-state index contributed by atoms with van der Waals surface area (Å²) in [6.07, 6.45) is 2.22. The number of carbonyl (C=O) groups excluding carboxylic acids is 2. The predicted molar refractivity (Wildman–Crippen MR) is 84.1 cm³/mol. The van der Waals surface area contributed by atoms with E-state index >= 15 is 0 Å². The van der Waals surface area contributed by atoms with Crippen molar-refractivity contribution in [2.75, 3.05) is 0 Å². The van der Waals surface area contributed by atoms with Crippen LogP contribution >= 0.6 is 15.9 Å². The van der Waals surface area contributed by atoms with Gasteiger partial charge in [-0.2, -0.15) is 0 Å². The molecule has 0 saturated heterocycles. The molecule has 1 aromatic carbocycles. The summed E-state index contributed by atoms with van der Waals surface area (Å²) in [6, 6.07) is 6.98. The molecule has 1 saturated carbocycles. The van der Waals surface area contributed by atoms with Crippen molar-refractivity contribution < 1.29 is 19.1 Å². The van der Waals surface area contributed by atoms with Gasteiger partial charge in [-0.05, 0) is 43.9 Å². The largest absolute Gasteiger partial charge is 0.415 e. The SMILES string of the molecule is CC1=C2CC[C@@H](C)C[C@@]2(OC(=O)c2cccc(Br)c2)OC1=O. The monoisotopic (exact) mass is 364 g/mol. The molecule has 0 spiro atoms. The summed E-state index contributed by atoms with van der Waals surface area (Å²) >= 11 is 3.34. The minimum absolute atomic E-state index is 0.331. The maximum Gasteiger partial charge on any atom is 0.341 e. The van der Waals surface area contributed by atoms with Crippen molar-refractivity contribution in [3.05, 3.63) is 45.4 Å². The Labute approximate surface area is 137 Å². The molecule has 2 aliphatic rings. The summed E-state index contributed by atoms with van der Waals surface area (Å²) < 4.78 is 12.0. The highest BCUT2D eigenvalue weighted by molar-refractivity contribution is 9.10. The maximum absolute atomic E-state index is 12.5. The molecule has 1 aromatic rings. The second-order valence-electron chi connectivity index (χ2n) is 5.99. The molecular formula is C17H17BrO4. The minimum Gasteiger partial charge on any atom is -0.415 e. The molecule has 0 unspecified atom stereocenters. The number of carbonyl (C=O) groups is 2. The van der Waals surface area contributed by atoms with Gasteiger partial charge in [0, 0.05) is 22.0 Å². The molecule has 22 heavy (non-hydrogen) atoms. The van der Waals surface area contributed by atoms with Crippen LogP contribution in [-0.2, 0) is 14.3 Å². The molecule has 1 aliphatic heterocycles. The van der Waals surface area contributed by atoms with E-state index in [0.29, 0.717) is 23.5 Å². The minimum atomic E-state index is -1.21. The second-order valence-corrected chi connectivity index (χ2v) is 6.91. The first kappa shape index (κ1) is 15.3. The third kappa shape index (κ3) is 2.58. The van der Waals surface area contributed by atoms with Crippen LogP contribution in [0, 0.1) is 5.92 Å². The van der Waals surface area contributed by atoms with E-state index in [1.54, 1.807) is 25.1 Å². The number of halogens is 1. The van der Waals surface area contributed by atoms with Crippen LogP contribution < -0.4 is 0 Å². The molecule has 1 heterocycles. The Hall–Kier alpha value is -1.62. The normalized spacial score (nSPS) is 27.4. The van der Waals surface area contributed by atoms with E-state index in [1.165, 1.54) is 0 Å². The highest BCUT2D eigenvalue weighted by atomic mass is 79.9. The van der Waals surface area contributed by atoms with E-state index in [-0.39, 0.29) is 5.97 Å². The second kappa shape index (κ2) is 5.54. The molecule has 0 amide bonds. The molecular weight excluding hydrogens is 348 g/mol. The first-order valence-electron chi connectivity index (χ1n) is 7.34.